The minimum absolute atomic E-state index is 0.144. The van der Waals surface area contributed by atoms with Crippen LogP contribution in [0.1, 0.15) is 28.8 Å². The van der Waals surface area contributed by atoms with Crippen LogP contribution in [0.5, 0.6) is 0 Å². The maximum atomic E-state index is 12.6. The minimum atomic E-state index is 0.144. The Morgan fingerprint density at radius 2 is 1.96 bits per heavy atom. The standard InChI is InChI=1S/C20H22N2O/c23-20(17-7-4-10-21-12-17)22-13-18-9-8-16(19(18)14-22)11-15-5-2-1-3-6-15/h1-7,10,12,16,18-19H,8-9,11,13-14H2/t16-,18-,19-/m1/s1. The summed E-state index contributed by atoms with van der Waals surface area (Å²) in [5.74, 6) is 2.21. The first-order valence-corrected chi connectivity index (χ1v) is 8.54. The molecule has 1 saturated heterocycles. The second kappa shape index (κ2) is 6.15. The van der Waals surface area contributed by atoms with Crippen molar-refractivity contribution >= 4 is 5.91 Å². The predicted octanol–water partition coefficient (Wildman–Crippen LogP) is 3.42. The Bertz CT molecular complexity index is 671. The van der Waals surface area contributed by atoms with Crippen LogP contribution in [0, 0.1) is 17.8 Å². The van der Waals surface area contributed by atoms with Crippen LogP contribution in [-0.4, -0.2) is 28.9 Å². The lowest BCUT2D eigenvalue weighted by atomic mass is 9.87. The Morgan fingerprint density at radius 3 is 2.74 bits per heavy atom. The number of carbonyl (C=O) groups is 1. The Hall–Kier alpha value is -2.16. The van der Waals surface area contributed by atoms with Gasteiger partial charge >= 0.3 is 0 Å². The van der Waals surface area contributed by atoms with E-state index in [1.807, 2.05) is 17.0 Å². The molecule has 23 heavy (non-hydrogen) atoms. The lowest BCUT2D eigenvalue weighted by Gasteiger charge is -2.21. The molecule has 118 valence electrons. The Balaban J connectivity index is 1.44. The van der Waals surface area contributed by atoms with Crippen molar-refractivity contribution < 1.29 is 4.79 Å². The van der Waals surface area contributed by atoms with Crippen molar-refractivity contribution in [1.82, 2.24) is 9.88 Å². The zero-order valence-corrected chi connectivity index (χ0v) is 13.3. The molecule has 0 unspecified atom stereocenters. The van der Waals surface area contributed by atoms with Crippen molar-refractivity contribution in [2.45, 2.75) is 19.3 Å². The summed E-state index contributed by atoms with van der Waals surface area (Å²) in [7, 11) is 0. The maximum Gasteiger partial charge on any atom is 0.255 e. The molecule has 1 amide bonds. The predicted molar refractivity (Wildman–Crippen MR) is 90.0 cm³/mol. The molecule has 1 saturated carbocycles. The SMILES string of the molecule is O=C(c1cccnc1)N1C[C@H]2CC[C@H](Cc3ccccc3)[C@H]2C1. The van der Waals surface area contributed by atoms with Crippen LogP contribution in [-0.2, 0) is 6.42 Å². The van der Waals surface area contributed by atoms with Crippen molar-refractivity contribution in [1.29, 1.82) is 0 Å². The first-order chi connectivity index (χ1) is 11.3. The number of aromatic nitrogens is 1. The highest BCUT2D eigenvalue weighted by atomic mass is 16.2. The first-order valence-electron chi connectivity index (χ1n) is 8.54. The molecule has 3 heteroatoms. The third-order valence-electron chi connectivity index (χ3n) is 5.54. The van der Waals surface area contributed by atoms with Gasteiger partial charge in [0.15, 0.2) is 0 Å². The number of pyridine rings is 1. The number of nitrogens with zero attached hydrogens (tertiary/aromatic N) is 2. The van der Waals surface area contributed by atoms with E-state index in [0.29, 0.717) is 23.3 Å². The van der Waals surface area contributed by atoms with Crippen LogP contribution < -0.4 is 0 Å². The zero-order valence-electron chi connectivity index (χ0n) is 13.3. The molecule has 1 aliphatic heterocycles. The summed E-state index contributed by atoms with van der Waals surface area (Å²) in [5, 5.41) is 0. The molecule has 0 spiro atoms. The van der Waals surface area contributed by atoms with Crippen LogP contribution in [0.3, 0.4) is 0 Å². The second-order valence-corrected chi connectivity index (χ2v) is 6.90. The summed E-state index contributed by atoms with van der Waals surface area (Å²) >= 11 is 0. The molecular formula is C20H22N2O. The number of fused-ring (bicyclic) bond motifs is 1. The van der Waals surface area contributed by atoms with Crippen molar-refractivity contribution in [2.24, 2.45) is 17.8 Å². The van der Waals surface area contributed by atoms with Crippen LogP contribution in [0.25, 0.3) is 0 Å². The van der Waals surface area contributed by atoms with Crippen molar-refractivity contribution in [3.63, 3.8) is 0 Å². The second-order valence-electron chi connectivity index (χ2n) is 6.90. The van der Waals surface area contributed by atoms with E-state index in [0.717, 1.165) is 19.5 Å². The number of rotatable bonds is 3. The Morgan fingerprint density at radius 1 is 1.09 bits per heavy atom. The van der Waals surface area contributed by atoms with E-state index >= 15 is 0 Å². The van der Waals surface area contributed by atoms with Gasteiger partial charge in [-0.3, -0.25) is 9.78 Å². The smallest absolute Gasteiger partial charge is 0.255 e. The van der Waals surface area contributed by atoms with Gasteiger partial charge in [-0.25, -0.2) is 0 Å². The van der Waals surface area contributed by atoms with E-state index in [1.54, 1.807) is 12.4 Å². The minimum Gasteiger partial charge on any atom is -0.338 e. The summed E-state index contributed by atoms with van der Waals surface area (Å²) in [5.41, 5.74) is 2.14. The van der Waals surface area contributed by atoms with E-state index in [4.69, 9.17) is 0 Å². The molecule has 2 fully saturated rings. The third-order valence-corrected chi connectivity index (χ3v) is 5.54. The van der Waals surface area contributed by atoms with E-state index in [1.165, 1.54) is 18.4 Å². The Kier molecular flexibility index (Phi) is 3.86. The molecule has 1 aromatic carbocycles. The summed E-state index contributed by atoms with van der Waals surface area (Å²) in [6, 6.07) is 14.5. The summed E-state index contributed by atoms with van der Waals surface area (Å²) in [4.78, 5) is 18.7. The highest BCUT2D eigenvalue weighted by Gasteiger charge is 2.43. The molecule has 0 N–H and O–H groups in total. The number of hydrogen-bond acceptors (Lipinski definition) is 2. The molecule has 2 aromatic rings. The number of amides is 1. The topological polar surface area (TPSA) is 33.2 Å². The molecule has 2 heterocycles. The first kappa shape index (κ1) is 14.4. The zero-order chi connectivity index (χ0) is 15.6. The molecule has 0 radical (unpaired) electrons. The fraction of sp³-hybridized carbons (Fsp3) is 0.400. The Labute approximate surface area is 137 Å². The molecular weight excluding hydrogens is 284 g/mol. The van der Waals surface area contributed by atoms with Gasteiger partial charge in [-0.1, -0.05) is 30.3 Å². The van der Waals surface area contributed by atoms with Gasteiger partial charge in [0.25, 0.3) is 5.91 Å². The number of hydrogen-bond donors (Lipinski definition) is 0. The van der Waals surface area contributed by atoms with Gasteiger partial charge in [-0.15, -0.1) is 0 Å². The molecule has 3 nitrogen and oxygen atoms in total. The molecule has 1 aliphatic carbocycles. The van der Waals surface area contributed by atoms with E-state index in [2.05, 4.69) is 35.3 Å². The van der Waals surface area contributed by atoms with E-state index in [9.17, 15) is 4.79 Å². The number of carbonyl (C=O) groups excluding carboxylic acids is 1. The molecule has 0 bridgehead atoms. The third kappa shape index (κ3) is 2.88. The molecule has 2 aliphatic rings. The molecule has 1 aromatic heterocycles. The van der Waals surface area contributed by atoms with Crippen molar-refractivity contribution in [2.75, 3.05) is 13.1 Å². The summed E-state index contributed by atoms with van der Waals surface area (Å²) in [6.45, 7) is 1.83. The maximum absolute atomic E-state index is 12.6. The average Bonchev–Trinajstić information content (AvgIpc) is 3.18. The highest BCUT2D eigenvalue weighted by molar-refractivity contribution is 5.94. The average molecular weight is 306 g/mol. The van der Waals surface area contributed by atoms with Gasteiger partial charge in [-0.2, -0.15) is 0 Å². The summed E-state index contributed by atoms with van der Waals surface area (Å²) < 4.78 is 0. The van der Waals surface area contributed by atoms with Gasteiger partial charge in [0.2, 0.25) is 0 Å². The summed E-state index contributed by atoms with van der Waals surface area (Å²) in [6.07, 6.45) is 7.11. The quantitative estimate of drug-likeness (QED) is 0.870. The largest absolute Gasteiger partial charge is 0.338 e. The lowest BCUT2D eigenvalue weighted by Crippen LogP contribution is -2.30. The molecule has 4 rings (SSSR count). The van der Waals surface area contributed by atoms with E-state index < -0.39 is 0 Å². The van der Waals surface area contributed by atoms with Crippen LogP contribution in [0.15, 0.2) is 54.9 Å². The van der Waals surface area contributed by atoms with Crippen LogP contribution >= 0.6 is 0 Å². The fourth-order valence-electron chi connectivity index (χ4n) is 4.39. The highest BCUT2D eigenvalue weighted by Crippen LogP contribution is 2.43. The van der Waals surface area contributed by atoms with Crippen LogP contribution in [0.4, 0.5) is 0 Å². The van der Waals surface area contributed by atoms with Gasteiger partial charge < -0.3 is 4.90 Å². The van der Waals surface area contributed by atoms with Gasteiger partial charge in [0.05, 0.1) is 5.56 Å². The normalized spacial score (nSPS) is 26.3. The van der Waals surface area contributed by atoms with Crippen LogP contribution in [0.2, 0.25) is 0 Å². The fourth-order valence-corrected chi connectivity index (χ4v) is 4.39. The number of benzene rings is 1. The van der Waals surface area contributed by atoms with Gasteiger partial charge in [0, 0.05) is 25.5 Å². The molecule has 3 atom stereocenters. The lowest BCUT2D eigenvalue weighted by molar-refractivity contribution is 0.0776. The monoisotopic (exact) mass is 306 g/mol. The number of likely N-dealkylation sites (tertiary alicyclic amines) is 1. The van der Waals surface area contributed by atoms with Gasteiger partial charge in [0.1, 0.15) is 0 Å². The van der Waals surface area contributed by atoms with Crippen molar-refractivity contribution in [3.8, 4) is 0 Å². The van der Waals surface area contributed by atoms with E-state index in [-0.39, 0.29) is 5.91 Å². The van der Waals surface area contributed by atoms with Crippen molar-refractivity contribution in [3.05, 3.63) is 66.0 Å². The van der Waals surface area contributed by atoms with Gasteiger partial charge in [-0.05, 0) is 54.7 Å².